The smallest absolute Gasteiger partial charge is 0.269 e. The molecule has 0 radical (unpaired) electrons. The van der Waals surface area contributed by atoms with Crippen LogP contribution in [0.5, 0.6) is 0 Å². The quantitative estimate of drug-likeness (QED) is 0.464. The summed E-state index contributed by atoms with van der Waals surface area (Å²) in [5, 5.41) is 0.447. The summed E-state index contributed by atoms with van der Waals surface area (Å²) in [6.45, 7) is 3.83. The van der Waals surface area contributed by atoms with Gasteiger partial charge in [-0.15, -0.1) is 0 Å². The van der Waals surface area contributed by atoms with Crippen molar-refractivity contribution >= 4 is 51.6 Å². The van der Waals surface area contributed by atoms with Crippen molar-refractivity contribution < 1.29 is 4.79 Å². The van der Waals surface area contributed by atoms with Gasteiger partial charge in [0.25, 0.3) is 11.5 Å². The molecule has 1 N–H and O–H groups in total. The van der Waals surface area contributed by atoms with Crippen molar-refractivity contribution in [2.75, 3.05) is 0 Å². The predicted molar refractivity (Wildman–Crippen MR) is 102 cm³/mol. The van der Waals surface area contributed by atoms with Gasteiger partial charge in [-0.1, -0.05) is 17.2 Å². The summed E-state index contributed by atoms with van der Waals surface area (Å²) in [6.07, 6.45) is 0. The number of H-pyrrole nitrogens is 1. The van der Waals surface area contributed by atoms with E-state index in [4.69, 9.17) is 12.2 Å². The fourth-order valence-corrected chi connectivity index (χ4v) is 3.36. The van der Waals surface area contributed by atoms with Gasteiger partial charge in [0.2, 0.25) is 0 Å². The Hall–Kier alpha value is -1.80. The minimum Gasteiger partial charge on any atom is -0.331 e. The third kappa shape index (κ3) is 3.00. The number of aromatic nitrogens is 2. The second-order valence-corrected chi connectivity index (χ2v) is 7.07. The van der Waals surface area contributed by atoms with Crippen molar-refractivity contribution in [3.63, 3.8) is 0 Å². The van der Waals surface area contributed by atoms with Gasteiger partial charge in [-0.25, -0.2) is 4.57 Å². The van der Waals surface area contributed by atoms with Gasteiger partial charge >= 0.3 is 0 Å². The molecule has 3 aromatic rings. The largest absolute Gasteiger partial charge is 0.331 e. The number of benzene rings is 2. The Balaban J connectivity index is 2.29. The van der Waals surface area contributed by atoms with E-state index < -0.39 is 11.5 Å². The number of nitrogens with one attached hydrogen (secondary N) is 1. The molecule has 0 atom stereocenters. The van der Waals surface area contributed by atoms with Crippen molar-refractivity contribution in [1.82, 2.24) is 9.55 Å². The number of nitrogens with zero attached hydrogens (tertiary/aromatic N) is 1. The molecule has 4 nitrogen and oxygen atoms in total. The minimum atomic E-state index is -0.413. The van der Waals surface area contributed by atoms with Crippen LogP contribution < -0.4 is 5.56 Å². The van der Waals surface area contributed by atoms with E-state index in [1.807, 2.05) is 26.0 Å². The van der Waals surface area contributed by atoms with Crippen LogP contribution in [-0.4, -0.2) is 15.5 Å². The zero-order valence-corrected chi connectivity index (χ0v) is 15.5. The number of aromatic amines is 1. The molecule has 23 heavy (non-hydrogen) atoms. The summed E-state index contributed by atoms with van der Waals surface area (Å²) in [5.74, 6) is -0.413. The highest BCUT2D eigenvalue weighted by molar-refractivity contribution is 14.1. The fourth-order valence-electron chi connectivity index (χ4n) is 2.60. The number of halogens is 1. The lowest BCUT2D eigenvalue weighted by Crippen LogP contribution is -2.29. The molecule has 0 spiro atoms. The molecule has 0 unspecified atom stereocenters. The molecule has 1 aromatic heterocycles. The zero-order valence-electron chi connectivity index (χ0n) is 12.5. The van der Waals surface area contributed by atoms with Crippen molar-refractivity contribution in [1.29, 1.82) is 0 Å². The molecule has 3 rings (SSSR count). The second kappa shape index (κ2) is 6.01. The Bertz CT molecular complexity index is 1050. The van der Waals surface area contributed by atoms with Gasteiger partial charge in [0, 0.05) is 9.13 Å². The molecule has 116 valence electrons. The molecule has 6 heteroatoms. The van der Waals surface area contributed by atoms with Gasteiger partial charge in [-0.2, -0.15) is 0 Å². The molecule has 1 heterocycles. The first-order chi connectivity index (χ1) is 10.9. The average Bonchev–Trinajstić information content (AvgIpc) is 2.47. The average molecular weight is 436 g/mol. The first-order valence-electron chi connectivity index (χ1n) is 6.94. The molecule has 0 aliphatic carbocycles. The van der Waals surface area contributed by atoms with Gasteiger partial charge in [0.05, 0.1) is 10.9 Å². The lowest BCUT2D eigenvalue weighted by atomic mass is 10.1. The Morgan fingerprint density at radius 1 is 1.13 bits per heavy atom. The molecule has 0 saturated heterocycles. The van der Waals surface area contributed by atoms with Crippen molar-refractivity contribution in [2.24, 2.45) is 0 Å². The summed E-state index contributed by atoms with van der Waals surface area (Å²) >= 11 is 7.36. The van der Waals surface area contributed by atoms with Gasteiger partial charge in [-0.3, -0.25) is 9.59 Å². The topological polar surface area (TPSA) is 54.9 Å². The summed E-state index contributed by atoms with van der Waals surface area (Å²) in [4.78, 5) is 28.5. The molecule has 0 fully saturated rings. The van der Waals surface area contributed by atoms with Gasteiger partial charge in [-0.05, 0) is 79.0 Å². The van der Waals surface area contributed by atoms with E-state index in [-0.39, 0.29) is 4.77 Å². The molecule has 0 aliphatic rings. The monoisotopic (exact) mass is 436 g/mol. The van der Waals surface area contributed by atoms with Crippen LogP contribution in [0.15, 0.2) is 41.2 Å². The van der Waals surface area contributed by atoms with Crippen molar-refractivity contribution in [3.8, 4) is 0 Å². The van der Waals surface area contributed by atoms with E-state index in [0.29, 0.717) is 16.5 Å². The normalized spacial score (nSPS) is 10.9. The number of fused-ring (bicyclic) bond motifs is 1. The first-order valence-corrected chi connectivity index (χ1v) is 8.43. The number of aryl methyl sites for hydroxylation is 2. The van der Waals surface area contributed by atoms with E-state index in [1.165, 1.54) is 0 Å². The summed E-state index contributed by atoms with van der Waals surface area (Å²) in [5.41, 5.74) is 2.61. The Morgan fingerprint density at radius 3 is 2.43 bits per heavy atom. The fraction of sp³-hybridized carbons (Fsp3) is 0.118. The maximum Gasteiger partial charge on any atom is 0.269 e. The molecule has 0 bridgehead atoms. The highest BCUT2D eigenvalue weighted by atomic mass is 127. The zero-order chi connectivity index (χ0) is 16.7. The standard InChI is InChI=1S/C17H13IN2O2S/c1-9-5-10(2)7-11(6-9)15(21)20-16(22)13-8-12(18)3-4-14(13)19-17(20)23/h3-8H,1-2H3,(H,19,23). The Labute approximate surface area is 151 Å². The lowest BCUT2D eigenvalue weighted by Gasteiger charge is -2.09. The van der Waals surface area contributed by atoms with E-state index in [2.05, 4.69) is 27.6 Å². The summed E-state index contributed by atoms with van der Waals surface area (Å²) in [6, 6.07) is 10.9. The number of carbonyl (C=O) groups excluding carboxylic acids is 1. The van der Waals surface area contributed by atoms with Crippen molar-refractivity contribution in [2.45, 2.75) is 13.8 Å². The molecular formula is C17H13IN2O2S. The lowest BCUT2D eigenvalue weighted by molar-refractivity contribution is 0.0953. The van der Waals surface area contributed by atoms with Crippen LogP contribution in [-0.2, 0) is 0 Å². The Morgan fingerprint density at radius 2 is 1.78 bits per heavy atom. The highest BCUT2D eigenvalue weighted by Gasteiger charge is 2.15. The number of hydrogen-bond acceptors (Lipinski definition) is 3. The highest BCUT2D eigenvalue weighted by Crippen LogP contribution is 2.14. The van der Waals surface area contributed by atoms with Gasteiger partial charge in [0.1, 0.15) is 0 Å². The van der Waals surface area contributed by atoms with E-state index >= 15 is 0 Å². The van der Waals surface area contributed by atoms with Gasteiger partial charge < -0.3 is 4.98 Å². The van der Waals surface area contributed by atoms with E-state index in [9.17, 15) is 9.59 Å². The minimum absolute atomic E-state index is 0.105. The predicted octanol–water partition coefficient (Wildman–Crippen LogP) is 3.97. The van der Waals surface area contributed by atoms with E-state index in [0.717, 1.165) is 19.3 Å². The summed E-state index contributed by atoms with van der Waals surface area (Å²) in [7, 11) is 0. The SMILES string of the molecule is Cc1cc(C)cc(C(=O)n2c(=S)[nH]c3ccc(I)cc3c2=O)c1. The molecule has 0 saturated carbocycles. The number of carbonyl (C=O) groups is 1. The van der Waals surface area contributed by atoms with Crippen LogP contribution in [0.2, 0.25) is 0 Å². The maximum atomic E-state index is 12.8. The van der Waals surface area contributed by atoms with Crippen LogP contribution in [0.3, 0.4) is 0 Å². The molecular weight excluding hydrogens is 423 g/mol. The maximum absolute atomic E-state index is 12.8. The number of rotatable bonds is 1. The van der Waals surface area contributed by atoms with Crippen LogP contribution in [0, 0.1) is 22.2 Å². The van der Waals surface area contributed by atoms with Crippen LogP contribution >= 0.6 is 34.8 Å². The third-order valence-electron chi connectivity index (χ3n) is 3.53. The Kier molecular flexibility index (Phi) is 4.20. The van der Waals surface area contributed by atoms with Gasteiger partial charge in [0.15, 0.2) is 4.77 Å². The van der Waals surface area contributed by atoms with E-state index in [1.54, 1.807) is 24.3 Å². The van der Waals surface area contributed by atoms with Crippen LogP contribution in [0.4, 0.5) is 0 Å². The second-order valence-electron chi connectivity index (χ2n) is 5.44. The first kappa shape index (κ1) is 16.1. The molecule has 2 aromatic carbocycles. The van der Waals surface area contributed by atoms with Crippen LogP contribution in [0.1, 0.15) is 21.5 Å². The number of hydrogen-bond donors (Lipinski definition) is 1. The van der Waals surface area contributed by atoms with Crippen LogP contribution in [0.25, 0.3) is 10.9 Å². The third-order valence-corrected chi connectivity index (χ3v) is 4.49. The summed E-state index contributed by atoms with van der Waals surface area (Å²) < 4.78 is 2.05. The molecule has 0 aliphatic heterocycles. The van der Waals surface area contributed by atoms with Crippen molar-refractivity contribution in [3.05, 3.63) is 71.8 Å². The molecule has 0 amide bonds.